The van der Waals surface area contributed by atoms with Gasteiger partial charge in [0.1, 0.15) is 0 Å². The fraction of sp³-hybridized carbons (Fsp3) is 0.333. The highest BCUT2D eigenvalue weighted by atomic mass is 32.2. The standard InChI is InChI=1S/C21H22N2O5S/c1-14(21(25)22-19-8-4-6-15-5-2-3-7-18(15)19)28-20(24)13-29-17-11-9-16(10-12-17)23(26)27/h2-3,5,7,9-12,14,19H,4,6,8,13H2,1H3,(H,22,25)/t14-,19+/m1/s1. The van der Waals surface area contributed by atoms with Crippen molar-refractivity contribution >= 4 is 29.3 Å². The monoisotopic (exact) mass is 414 g/mol. The first-order chi connectivity index (χ1) is 13.9. The van der Waals surface area contributed by atoms with Gasteiger partial charge >= 0.3 is 5.97 Å². The first kappa shape index (κ1) is 20.9. The molecule has 0 aliphatic heterocycles. The molecule has 29 heavy (non-hydrogen) atoms. The molecule has 0 saturated carbocycles. The van der Waals surface area contributed by atoms with Crippen molar-refractivity contribution in [2.45, 2.75) is 43.2 Å². The lowest BCUT2D eigenvalue weighted by atomic mass is 9.87. The molecule has 0 aromatic heterocycles. The average Bonchev–Trinajstić information content (AvgIpc) is 2.72. The molecule has 152 valence electrons. The summed E-state index contributed by atoms with van der Waals surface area (Å²) in [5.41, 5.74) is 2.36. The van der Waals surface area contributed by atoms with E-state index in [-0.39, 0.29) is 23.4 Å². The van der Waals surface area contributed by atoms with Gasteiger partial charge in [0.15, 0.2) is 6.10 Å². The third-order valence-corrected chi connectivity index (χ3v) is 5.75. The molecule has 1 aliphatic rings. The molecular weight excluding hydrogens is 392 g/mol. The molecule has 0 fully saturated rings. The first-order valence-electron chi connectivity index (χ1n) is 9.39. The predicted octanol–water partition coefficient (Wildman–Crippen LogP) is 3.81. The number of nitro benzene ring substituents is 1. The van der Waals surface area contributed by atoms with E-state index < -0.39 is 17.0 Å². The van der Waals surface area contributed by atoms with Gasteiger partial charge in [-0.25, -0.2) is 0 Å². The Hall–Kier alpha value is -2.87. The predicted molar refractivity (Wildman–Crippen MR) is 110 cm³/mol. The van der Waals surface area contributed by atoms with Crippen LogP contribution in [0.3, 0.4) is 0 Å². The molecule has 8 heteroatoms. The maximum Gasteiger partial charge on any atom is 0.317 e. The molecular formula is C21H22N2O5S. The highest BCUT2D eigenvalue weighted by molar-refractivity contribution is 8.00. The Kier molecular flexibility index (Phi) is 6.87. The number of nitrogens with zero attached hydrogens (tertiary/aromatic N) is 1. The van der Waals surface area contributed by atoms with Crippen LogP contribution in [0, 0.1) is 10.1 Å². The molecule has 1 aliphatic carbocycles. The van der Waals surface area contributed by atoms with Crippen molar-refractivity contribution in [1.82, 2.24) is 5.32 Å². The average molecular weight is 414 g/mol. The highest BCUT2D eigenvalue weighted by Gasteiger charge is 2.25. The molecule has 3 rings (SSSR count). The molecule has 0 saturated heterocycles. The van der Waals surface area contributed by atoms with E-state index in [0.717, 1.165) is 24.8 Å². The number of hydrogen-bond donors (Lipinski definition) is 1. The fourth-order valence-electron chi connectivity index (χ4n) is 3.28. The Morgan fingerprint density at radius 1 is 1.24 bits per heavy atom. The third kappa shape index (κ3) is 5.57. The van der Waals surface area contributed by atoms with Gasteiger partial charge < -0.3 is 10.1 Å². The van der Waals surface area contributed by atoms with Crippen LogP contribution in [0.5, 0.6) is 0 Å². The van der Waals surface area contributed by atoms with E-state index in [9.17, 15) is 19.7 Å². The molecule has 2 aromatic carbocycles. The summed E-state index contributed by atoms with van der Waals surface area (Å²) >= 11 is 1.20. The number of ether oxygens (including phenoxy) is 1. The minimum absolute atomic E-state index is 0.00786. The Bertz CT molecular complexity index is 900. The lowest BCUT2D eigenvalue weighted by molar-refractivity contribution is -0.384. The van der Waals surface area contributed by atoms with Crippen LogP contribution in [-0.2, 0) is 20.7 Å². The molecule has 0 bridgehead atoms. The van der Waals surface area contributed by atoms with E-state index >= 15 is 0 Å². The Balaban J connectivity index is 1.48. The number of hydrogen-bond acceptors (Lipinski definition) is 6. The number of non-ortho nitro benzene ring substituents is 1. The molecule has 0 spiro atoms. The number of esters is 1. The number of rotatable bonds is 7. The summed E-state index contributed by atoms with van der Waals surface area (Å²) in [4.78, 5) is 35.4. The molecule has 0 unspecified atom stereocenters. The second-order valence-electron chi connectivity index (χ2n) is 6.82. The Morgan fingerprint density at radius 2 is 1.97 bits per heavy atom. The van der Waals surface area contributed by atoms with E-state index in [1.54, 1.807) is 19.1 Å². The summed E-state index contributed by atoms with van der Waals surface area (Å²) < 4.78 is 5.25. The highest BCUT2D eigenvalue weighted by Crippen LogP contribution is 2.29. The number of carbonyl (C=O) groups excluding carboxylic acids is 2. The molecule has 1 amide bonds. The van der Waals surface area contributed by atoms with Crippen LogP contribution in [-0.4, -0.2) is 28.7 Å². The number of amides is 1. The van der Waals surface area contributed by atoms with E-state index in [2.05, 4.69) is 11.4 Å². The number of fused-ring (bicyclic) bond motifs is 1. The van der Waals surface area contributed by atoms with E-state index in [1.165, 1.54) is 29.5 Å². The van der Waals surface area contributed by atoms with E-state index in [1.807, 2.05) is 18.2 Å². The van der Waals surface area contributed by atoms with Crippen molar-refractivity contribution in [3.63, 3.8) is 0 Å². The topological polar surface area (TPSA) is 98.5 Å². The second-order valence-corrected chi connectivity index (χ2v) is 7.87. The normalized spacial score (nSPS) is 16.4. The van der Waals surface area contributed by atoms with Crippen molar-refractivity contribution in [2.75, 3.05) is 5.75 Å². The number of nitro groups is 1. The van der Waals surface area contributed by atoms with Crippen molar-refractivity contribution in [2.24, 2.45) is 0 Å². The van der Waals surface area contributed by atoms with Crippen LogP contribution in [0.25, 0.3) is 0 Å². The van der Waals surface area contributed by atoms with Crippen LogP contribution in [0.1, 0.15) is 36.9 Å². The van der Waals surface area contributed by atoms with Crippen molar-refractivity contribution in [1.29, 1.82) is 0 Å². The maximum atomic E-state index is 12.5. The number of aryl methyl sites for hydroxylation is 1. The fourth-order valence-corrected chi connectivity index (χ4v) is 3.97. The smallest absolute Gasteiger partial charge is 0.317 e. The SMILES string of the molecule is C[C@@H](OC(=O)CSc1ccc([N+](=O)[O-])cc1)C(=O)N[C@H]1CCCc2ccccc21. The van der Waals surface area contributed by atoms with Crippen LogP contribution < -0.4 is 5.32 Å². The van der Waals surface area contributed by atoms with Crippen LogP contribution >= 0.6 is 11.8 Å². The summed E-state index contributed by atoms with van der Waals surface area (Å²) in [6.07, 6.45) is 1.98. The number of thioether (sulfide) groups is 1. The number of benzene rings is 2. The number of nitrogens with one attached hydrogen (secondary N) is 1. The third-order valence-electron chi connectivity index (χ3n) is 4.77. The van der Waals surface area contributed by atoms with Crippen LogP contribution in [0.2, 0.25) is 0 Å². The quantitative estimate of drug-likeness (QED) is 0.320. The summed E-state index contributed by atoms with van der Waals surface area (Å²) in [5, 5.41) is 13.6. The zero-order valence-electron chi connectivity index (χ0n) is 16.0. The summed E-state index contributed by atoms with van der Waals surface area (Å²) in [5.74, 6) is -0.817. The molecule has 1 N–H and O–H groups in total. The van der Waals surface area contributed by atoms with Gasteiger partial charge in [0.05, 0.1) is 16.7 Å². The molecule has 2 aromatic rings. The van der Waals surface area contributed by atoms with Gasteiger partial charge in [-0.2, -0.15) is 0 Å². The zero-order chi connectivity index (χ0) is 20.8. The van der Waals surface area contributed by atoms with Gasteiger partial charge in [-0.05, 0) is 49.4 Å². The minimum Gasteiger partial charge on any atom is -0.452 e. The Labute approximate surface area is 173 Å². The lowest BCUT2D eigenvalue weighted by Crippen LogP contribution is -2.39. The largest absolute Gasteiger partial charge is 0.452 e. The first-order valence-corrected chi connectivity index (χ1v) is 10.4. The maximum absolute atomic E-state index is 12.5. The van der Waals surface area contributed by atoms with Gasteiger partial charge in [-0.15, -0.1) is 11.8 Å². The zero-order valence-corrected chi connectivity index (χ0v) is 16.8. The number of carbonyl (C=O) groups is 2. The summed E-state index contributed by atoms with van der Waals surface area (Å²) in [6, 6.07) is 13.9. The van der Waals surface area contributed by atoms with Crippen molar-refractivity contribution in [3.05, 3.63) is 69.8 Å². The van der Waals surface area contributed by atoms with Gasteiger partial charge in [-0.1, -0.05) is 24.3 Å². The van der Waals surface area contributed by atoms with Crippen LogP contribution in [0.15, 0.2) is 53.4 Å². The van der Waals surface area contributed by atoms with Gasteiger partial charge in [0.25, 0.3) is 11.6 Å². The second kappa shape index (κ2) is 9.56. The van der Waals surface area contributed by atoms with E-state index in [4.69, 9.17) is 4.74 Å². The van der Waals surface area contributed by atoms with Gasteiger partial charge in [0, 0.05) is 17.0 Å². The van der Waals surface area contributed by atoms with Crippen molar-refractivity contribution in [3.8, 4) is 0 Å². The van der Waals surface area contributed by atoms with Gasteiger partial charge in [0.2, 0.25) is 0 Å². The summed E-state index contributed by atoms with van der Waals surface area (Å²) in [7, 11) is 0. The van der Waals surface area contributed by atoms with Crippen molar-refractivity contribution < 1.29 is 19.2 Å². The van der Waals surface area contributed by atoms with E-state index in [0.29, 0.717) is 4.90 Å². The Morgan fingerprint density at radius 3 is 2.69 bits per heavy atom. The molecule has 0 radical (unpaired) electrons. The van der Waals surface area contributed by atoms with Crippen LogP contribution in [0.4, 0.5) is 5.69 Å². The van der Waals surface area contributed by atoms with Gasteiger partial charge in [-0.3, -0.25) is 19.7 Å². The lowest BCUT2D eigenvalue weighted by Gasteiger charge is -2.27. The molecule has 2 atom stereocenters. The molecule has 7 nitrogen and oxygen atoms in total. The molecule has 0 heterocycles. The summed E-state index contributed by atoms with van der Waals surface area (Å²) in [6.45, 7) is 1.55. The minimum atomic E-state index is -0.894.